The third-order valence-electron chi connectivity index (χ3n) is 4.99. The van der Waals surface area contributed by atoms with Crippen LogP contribution in [0.4, 0.5) is 14.5 Å². The molecule has 2 N–H and O–H groups in total. The predicted octanol–water partition coefficient (Wildman–Crippen LogP) is 3.70. The first-order valence-corrected chi connectivity index (χ1v) is 9.98. The number of benzene rings is 2. The topological polar surface area (TPSA) is 48.9 Å². The van der Waals surface area contributed by atoms with Crippen LogP contribution in [0.3, 0.4) is 0 Å². The lowest BCUT2D eigenvalue weighted by Gasteiger charge is -2.34. The van der Waals surface area contributed by atoms with Gasteiger partial charge in [-0.25, -0.2) is 8.78 Å². The lowest BCUT2D eigenvalue weighted by atomic mass is 10.0. The smallest absolute Gasteiger partial charge is 0.191 e. The molecule has 0 amide bonds. The molecular weight excluding hydrogens is 374 g/mol. The fraction of sp³-hybridized carbons (Fsp3) is 0.409. The van der Waals surface area contributed by atoms with Gasteiger partial charge >= 0.3 is 0 Å². The van der Waals surface area contributed by atoms with Crippen molar-refractivity contribution in [3.05, 3.63) is 59.7 Å². The summed E-state index contributed by atoms with van der Waals surface area (Å²) in [6.45, 7) is 4.42. The van der Waals surface area contributed by atoms with Gasteiger partial charge < -0.3 is 20.3 Å². The van der Waals surface area contributed by atoms with E-state index in [9.17, 15) is 8.78 Å². The van der Waals surface area contributed by atoms with Crippen LogP contribution in [0.1, 0.15) is 25.3 Å². The first kappa shape index (κ1) is 20.9. The fourth-order valence-electron chi connectivity index (χ4n) is 3.46. The number of ether oxygens (including phenoxy) is 1. The highest BCUT2D eigenvalue weighted by Gasteiger charge is 2.20. The van der Waals surface area contributed by atoms with E-state index in [1.54, 1.807) is 25.2 Å². The van der Waals surface area contributed by atoms with E-state index < -0.39 is 0 Å². The van der Waals surface area contributed by atoms with Crippen molar-refractivity contribution in [1.82, 2.24) is 10.6 Å². The van der Waals surface area contributed by atoms with E-state index >= 15 is 0 Å². The van der Waals surface area contributed by atoms with Gasteiger partial charge in [-0.3, -0.25) is 4.99 Å². The van der Waals surface area contributed by atoms with E-state index in [0.717, 1.165) is 37.2 Å². The molecule has 1 fully saturated rings. The summed E-state index contributed by atoms with van der Waals surface area (Å²) >= 11 is 0. The number of piperidine rings is 1. The molecule has 156 valence electrons. The van der Waals surface area contributed by atoms with Gasteiger partial charge in [0.1, 0.15) is 5.82 Å². The SMILES string of the molecule is CCOc1ccc(CNC(=NC)NC2CCN(c3cccc(F)c3)CC2)cc1F. The molecule has 0 atom stereocenters. The summed E-state index contributed by atoms with van der Waals surface area (Å²) in [6.07, 6.45) is 1.85. The molecule has 2 aromatic rings. The van der Waals surface area contributed by atoms with Crippen LogP contribution >= 0.6 is 0 Å². The number of hydrogen-bond donors (Lipinski definition) is 2. The van der Waals surface area contributed by atoms with E-state index in [4.69, 9.17) is 4.74 Å². The Morgan fingerprint density at radius 3 is 2.62 bits per heavy atom. The van der Waals surface area contributed by atoms with Crippen LogP contribution in [0, 0.1) is 11.6 Å². The van der Waals surface area contributed by atoms with Crippen molar-refractivity contribution in [2.24, 2.45) is 4.99 Å². The molecule has 0 saturated carbocycles. The van der Waals surface area contributed by atoms with E-state index in [0.29, 0.717) is 19.1 Å². The number of guanidine groups is 1. The van der Waals surface area contributed by atoms with Crippen molar-refractivity contribution in [3.8, 4) is 5.75 Å². The van der Waals surface area contributed by atoms with Gasteiger partial charge in [0.15, 0.2) is 17.5 Å². The van der Waals surface area contributed by atoms with Crippen LogP contribution in [-0.2, 0) is 6.54 Å². The fourth-order valence-corrected chi connectivity index (χ4v) is 3.46. The molecule has 0 bridgehead atoms. The maximum absolute atomic E-state index is 14.0. The molecular formula is C22H28F2N4O. The largest absolute Gasteiger partial charge is 0.491 e. The summed E-state index contributed by atoms with van der Waals surface area (Å²) in [6, 6.07) is 12.0. The van der Waals surface area contributed by atoms with Gasteiger partial charge in [0.2, 0.25) is 0 Å². The highest BCUT2D eigenvalue weighted by Crippen LogP contribution is 2.21. The van der Waals surface area contributed by atoms with Crippen molar-refractivity contribution in [2.75, 3.05) is 31.6 Å². The highest BCUT2D eigenvalue weighted by atomic mass is 19.1. The molecule has 7 heteroatoms. The predicted molar refractivity (Wildman–Crippen MR) is 113 cm³/mol. The molecule has 0 unspecified atom stereocenters. The Balaban J connectivity index is 1.48. The number of anilines is 1. The average Bonchev–Trinajstić information content (AvgIpc) is 2.73. The van der Waals surface area contributed by atoms with Gasteiger partial charge in [-0.05, 0) is 55.7 Å². The first-order chi connectivity index (χ1) is 14.1. The maximum Gasteiger partial charge on any atom is 0.191 e. The summed E-state index contributed by atoms with van der Waals surface area (Å²) in [5.74, 6) is 0.379. The molecule has 1 saturated heterocycles. The van der Waals surface area contributed by atoms with Gasteiger partial charge in [0.05, 0.1) is 6.61 Å². The first-order valence-electron chi connectivity index (χ1n) is 9.98. The Hall–Kier alpha value is -2.83. The highest BCUT2D eigenvalue weighted by molar-refractivity contribution is 5.80. The Morgan fingerprint density at radius 1 is 1.17 bits per heavy atom. The summed E-state index contributed by atoms with van der Waals surface area (Å²) in [7, 11) is 1.72. The van der Waals surface area contributed by atoms with E-state index in [1.807, 2.05) is 19.1 Å². The quantitative estimate of drug-likeness (QED) is 0.572. The second-order valence-electron chi connectivity index (χ2n) is 7.01. The standard InChI is InChI=1S/C22H28F2N4O/c1-3-29-21-8-7-16(13-20(21)24)15-26-22(25-2)27-18-9-11-28(12-10-18)19-6-4-5-17(23)14-19/h4-8,13-14,18H,3,9-12,15H2,1-2H3,(H2,25,26,27). The van der Waals surface area contributed by atoms with Crippen LogP contribution in [-0.4, -0.2) is 38.7 Å². The molecule has 0 spiro atoms. The minimum atomic E-state index is -0.362. The summed E-state index contributed by atoms with van der Waals surface area (Å²) in [5, 5.41) is 6.66. The Kier molecular flexibility index (Phi) is 7.27. The van der Waals surface area contributed by atoms with Crippen molar-refractivity contribution in [1.29, 1.82) is 0 Å². The summed E-state index contributed by atoms with van der Waals surface area (Å²) in [5.41, 5.74) is 1.73. The normalized spacial score (nSPS) is 15.3. The van der Waals surface area contributed by atoms with E-state index in [-0.39, 0.29) is 23.4 Å². The minimum absolute atomic E-state index is 0.210. The molecule has 0 aromatic heterocycles. The zero-order valence-electron chi connectivity index (χ0n) is 16.9. The number of nitrogens with one attached hydrogen (secondary N) is 2. The average molecular weight is 402 g/mol. The number of aliphatic imine (C=N–C) groups is 1. The third-order valence-corrected chi connectivity index (χ3v) is 4.99. The molecule has 0 aliphatic carbocycles. The molecule has 1 aliphatic heterocycles. The van der Waals surface area contributed by atoms with Gasteiger partial charge in [-0.1, -0.05) is 12.1 Å². The van der Waals surface area contributed by atoms with Gasteiger partial charge in [-0.15, -0.1) is 0 Å². The maximum atomic E-state index is 14.0. The van der Waals surface area contributed by atoms with Crippen molar-refractivity contribution in [3.63, 3.8) is 0 Å². The zero-order valence-corrected chi connectivity index (χ0v) is 16.9. The zero-order chi connectivity index (χ0) is 20.6. The van der Waals surface area contributed by atoms with Gasteiger partial charge in [-0.2, -0.15) is 0 Å². The van der Waals surface area contributed by atoms with Crippen LogP contribution < -0.4 is 20.3 Å². The van der Waals surface area contributed by atoms with Gasteiger partial charge in [0, 0.05) is 38.4 Å². The van der Waals surface area contributed by atoms with Crippen LogP contribution in [0.15, 0.2) is 47.5 Å². The van der Waals surface area contributed by atoms with Crippen LogP contribution in [0.5, 0.6) is 5.75 Å². The van der Waals surface area contributed by atoms with Gasteiger partial charge in [0.25, 0.3) is 0 Å². The molecule has 3 rings (SSSR count). The van der Waals surface area contributed by atoms with Crippen molar-refractivity contribution >= 4 is 11.6 Å². The molecule has 2 aromatic carbocycles. The second-order valence-corrected chi connectivity index (χ2v) is 7.01. The van der Waals surface area contributed by atoms with Crippen LogP contribution in [0.25, 0.3) is 0 Å². The molecule has 1 aliphatic rings. The molecule has 1 heterocycles. The molecule has 0 radical (unpaired) electrons. The lowest BCUT2D eigenvalue weighted by molar-refractivity contribution is 0.321. The number of nitrogens with zero attached hydrogens (tertiary/aromatic N) is 2. The van der Waals surface area contributed by atoms with Crippen molar-refractivity contribution < 1.29 is 13.5 Å². The Morgan fingerprint density at radius 2 is 1.97 bits per heavy atom. The number of hydrogen-bond acceptors (Lipinski definition) is 3. The number of rotatable bonds is 6. The second kappa shape index (κ2) is 10.1. The lowest BCUT2D eigenvalue weighted by Crippen LogP contribution is -2.48. The molecule has 29 heavy (non-hydrogen) atoms. The minimum Gasteiger partial charge on any atom is -0.491 e. The van der Waals surface area contributed by atoms with E-state index in [2.05, 4.69) is 20.5 Å². The summed E-state index contributed by atoms with van der Waals surface area (Å²) < 4.78 is 32.7. The van der Waals surface area contributed by atoms with Crippen LogP contribution in [0.2, 0.25) is 0 Å². The van der Waals surface area contributed by atoms with Crippen molar-refractivity contribution in [2.45, 2.75) is 32.4 Å². The summed E-state index contributed by atoms with van der Waals surface area (Å²) in [4.78, 5) is 6.46. The Labute approximate surface area is 170 Å². The Bertz CT molecular complexity index is 835. The van der Waals surface area contributed by atoms with E-state index in [1.165, 1.54) is 12.1 Å². The monoisotopic (exact) mass is 402 g/mol. The molecule has 5 nitrogen and oxygen atoms in total. The number of halogens is 2. The third kappa shape index (κ3) is 5.82.